The number of amides is 1. The van der Waals surface area contributed by atoms with E-state index in [4.69, 9.17) is 4.74 Å². The maximum atomic E-state index is 12.2. The summed E-state index contributed by atoms with van der Waals surface area (Å²) in [7, 11) is 0. The summed E-state index contributed by atoms with van der Waals surface area (Å²) in [4.78, 5) is 14.1. The molecule has 1 aromatic rings. The quantitative estimate of drug-likeness (QED) is 0.781. The molecule has 1 heterocycles. The zero-order valence-electron chi connectivity index (χ0n) is 11.8. The molecule has 0 radical (unpaired) electrons. The van der Waals surface area contributed by atoms with Crippen LogP contribution in [0.4, 0.5) is 0 Å². The molecule has 0 aromatic heterocycles. The fraction of sp³-hybridized carbons (Fsp3) is 0.438. The summed E-state index contributed by atoms with van der Waals surface area (Å²) in [5.41, 5.74) is 0.697. The normalized spacial score (nSPS) is 22.1. The first-order valence-electron chi connectivity index (χ1n) is 6.68. The highest BCUT2D eigenvalue weighted by Gasteiger charge is 2.42. The Bertz CT molecular complexity index is 465. The standard InChI is InChI=1S/C16H21NO2/c1-4-8-15(18)17-14(12-19-16(17,2)3)11-13-9-6-5-7-10-13/h4-10,14H,11-12H2,1-3H3/b8-4+/t14-/m0/s1. The van der Waals surface area contributed by atoms with E-state index in [-0.39, 0.29) is 11.9 Å². The lowest BCUT2D eigenvalue weighted by Gasteiger charge is -2.33. The molecule has 1 aliphatic heterocycles. The summed E-state index contributed by atoms with van der Waals surface area (Å²) in [6.45, 7) is 6.33. The highest BCUT2D eigenvalue weighted by molar-refractivity contribution is 5.88. The van der Waals surface area contributed by atoms with Crippen molar-refractivity contribution in [3.8, 4) is 0 Å². The highest BCUT2D eigenvalue weighted by Crippen LogP contribution is 2.29. The second-order valence-electron chi connectivity index (χ2n) is 5.31. The number of hydrogen-bond acceptors (Lipinski definition) is 2. The summed E-state index contributed by atoms with van der Waals surface area (Å²) < 4.78 is 5.78. The van der Waals surface area contributed by atoms with Crippen LogP contribution in [0.2, 0.25) is 0 Å². The number of rotatable bonds is 3. The number of ether oxygens (including phenoxy) is 1. The highest BCUT2D eigenvalue weighted by atomic mass is 16.5. The third-order valence-electron chi connectivity index (χ3n) is 3.44. The molecule has 0 bridgehead atoms. The van der Waals surface area contributed by atoms with Crippen LogP contribution >= 0.6 is 0 Å². The maximum Gasteiger partial charge on any atom is 0.248 e. The van der Waals surface area contributed by atoms with E-state index >= 15 is 0 Å². The molecule has 1 atom stereocenters. The topological polar surface area (TPSA) is 29.5 Å². The Hall–Kier alpha value is -1.61. The van der Waals surface area contributed by atoms with Gasteiger partial charge in [0.25, 0.3) is 0 Å². The van der Waals surface area contributed by atoms with E-state index < -0.39 is 5.72 Å². The van der Waals surface area contributed by atoms with Crippen LogP contribution < -0.4 is 0 Å². The molecule has 1 fully saturated rings. The van der Waals surface area contributed by atoms with Crippen molar-refractivity contribution in [2.75, 3.05) is 6.61 Å². The molecule has 19 heavy (non-hydrogen) atoms. The minimum atomic E-state index is -0.532. The van der Waals surface area contributed by atoms with Crippen molar-refractivity contribution in [3.05, 3.63) is 48.0 Å². The fourth-order valence-electron chi connectivity index (χ4n) is 2.59. The van der Waals surface area contributed by atoms with E-state index in [1.807, 2.05) is 43.9 Å². The summed E-state index contributed by atoms with van der Waals surface area (Å²) in [6, 6.07) is 10.3. The number of benzene rings is 1. The zero-order chi connectivity index (χ0) is 13.9. The second-order valence-corrected chi connectivity index (χ2v) is 5.31. The maximum absolute atomic E-state index is 12.2. The molecule has 0 saturated carbocycles. The van der Waals surface area contributed by atoms with E-state index in [1.165, 1.54) is 5.56 Å². The van der Waals surface area contributed by atoms with Crippen LogP contribution in [0, 0.1) is 0 Å². The molecule has 2 rings (SSSR count). The van der Waals surface area contributed by atoms with E-state index in [0.29, 0.717) is 6.61 Å². The van der Waals surface area contributed by atoms with Gasteiger partial charge in [-0.05, 0) is 38.8 Å². The molecule has 102 valence electrons. The van der Waals surface area contributed by atoms with Crippen LogP contribution in [0.3, 0.4) is 0 Å². The summed E-state index contributed by atoms with van der Waals surface area (Å²) in [6.07, 6.45) is 4.21. The van der Waals surface area contributed by atoms with Gasteiger partial charge in [-0.25, -0.2) is 0 Å². The van der Waals surface area contributed by atoms with Gasteiger partial charge in [0.1, 0.15) is 5.72 Å². The smallest absolute Gasteiger partial charge is 0.248 e. The number of carbonyl (C=O) groups is 1. The first-order valence-corrected chi connectivity index (χ1v) is 6.68. The van der Waals surface area contributed by atoms with Crippen molar-refractivity contribution in [2.45, 2.75) is 39.0 Å². The Morgan fingerprint density at radius 3 is 2.74 bits per heavy atom. The van der Waals surface area contributed by atoms with E-state index in [1.54, 1.807) is 12.2 Å². The van der Waals surface area contributed by atoms with Gasteiger partial charge >= 0.3 is 0 Å². The third-order valence-corrected chi connectivity index (χ3v) is 3.44. The van der Waals surface area contributed by atoms with Crippen LogP contribution in [0.1, 0.15) is 26.3 Å². The summed E-state index contributed by atoms with van der Waals surface area (Å²) >= 11 is 0. The van der Waals surface area contributed by atoms with E-state index in [2.05, 4.69) is 12.1 Å². The fourth-order valence-corrected chi connectivity index (χ4v) is 2.59. The van der Waals surface area contributed by atoms with Crippen LogP contribution in [-0.4, -0.2) is 29.2 Å². The predicted octanol–water partition coefficient (Wildman–Crippen LogP) is 2.77. The van der Waals surface area contributed by atoms with Gasteiger partial charge < -0.3 is 9.64 Å². The molecule has 3 nitrogen and oxygen atoms in total. The molecular formula is C16H21NO2. The Balaban J connectivity index is 2.18. The van der Waals surface area contributed by atoms with E-state index in [0.717, 1.165) is 6.42 Å². The van der Waals surface area contributed by atoms with Crippen molar-refractivity contribution in [2.24, 2.45) is 0 Å². The Morgan fingerprint density at radius 1 is 1.42 bits per heavy atom. The van der Waals surface area contributed by atoms with Gasteiger partial charge in [0.15, 0.2) is 0 Å². The molecule has 1 amide bonds. The van der Waals surface area contributed by atoms with Gasteiger partial charge in [0, 0.05) is 0 Å². The lowest BCUT2D eigenvalue weighted by atomic mass is 10.0. The largest absolute Gasteiger partial charge is 0.354 e. The molecule has 0 aliphatic carbocycles. The van der Waals surface area contributed by atoms with Crippen LogP contribution in [0.25, 0.3) is 0 Å². The molecule has 1 aliphatic rings. The van der Waals surface area contributed by atoms with Gasteiger partial charge in [-0.3, -0.25) is 4.79 Å². The predicted molar refractivity (Wildman–Crippen MR) is 75.6 cm³/mol. The number of nitrogens with zero attached hydrogens (tertiary/aromatic N) is 1. The van der Waals surface area contributed by atoms with Crippen molar-refractivity contribution < 1.29 is 9.53 Å². The monoisotopic (exact) mass is 259 g/mol. The molecular weight excluding hydrogens is 238 g/mol. The Kier molecular flexibility index (Phi) is 4.05. The molecule has 1 saturated heterocycles. The zero-order valence-corrected chi connectivity index (χ0v) is 11.8. The second kappa shape index (κ2) is 5.57. The van der Waals surface area contributed by atoms with Crippen LogP contribution in [0.15, 0.2) is 42.5 Å². The minimum absolute atomic E-state index is 0.0194. The van der Waals surface area contributed by atoms with Crippen molar-refractivity contribution in [3.63, 3.8) is 0 Å². The molecule has 1 aromatic carbocycles. The van der Waals surface area contributed by atoms with Crippen molar-refractivity contribution in [1.82, 2.24) is 4.90 Å². The van der Waals surface area contributed by atoms with Crippen LogP contribution in [0.5, 0.6) is 0 Å². The number of carbonyl (C=O) groups excluding carboxylic acids is 1. The summed E-state index contributed by atoms with van der Waals surface area (Å²) in [5.74, 6) is 0.0194. The van der Waals surface area contributed by atoms with Gasteiger partial charge in [-0.2, -0.15) is 0 Å². The first kappa shape index (κ1) is 13.8. The van der Waals surface area contributed by atoms with Gasteiger partial charge in [0.05, 0.1) is 12.6 Å². The molecule has 0 N–H and O–H groups in total. The number of hydrogen-bond donors (Lipinski definition) is 0. The molecule has 3 heteroatoms. The van der Waals surface area contributed by atoms with Gasteiger partial charge in [-0.15, -0.1) is 0 Å². The van der Waals surface area contributed by atoms with Gasteiger partial charge in [0.2, 0.25) is 5.91 Å². The lowest BCUT2D eigenvalue weighted by Crippen LogP contribution is -2.47. The summed E-state index contributed by atoms with van der Waals surface area (Å²) in [5, 5.41) is 0. The van der Waals surface area contributed by atoms with Crippen molar-refractivity contribution >= 4 is 5.91 Å². The number of allylic oxidation sites excluding steroid dienone is 1. The SMILES string of the molecule is C/C=C/C(=O)N1[C@@H](Cc2ccccc2)COC1(C)C. The first-order chi connectivity index (χ1) is 9.04. The average molecular weight is 259 g/mol. The van der Waals surface area contributed by atoms with E-state index in [9.17, 15) is 4.79 Å². The van der Waals surface area contributed by atoms with Crippen LogP contribution in [-0.2, 0) is 16.0 Å². The average Bonchev–Trinajstić information content (AvgIpc) is 2.66. The Labute approximate surface area is 114 Å². The lowest BCUT2D eigenvalue weighted by molar-refractivity contribution is -0.140. The molecule has 0 unspecified atom stereocenters. The van der Waals surface area contributed by atoms with Gasteiger partial charge in [-0.1, -0.05) is 36.4 Å². The molecule has 0 spiro atoms. The minimum Gasteiger partial charge on any atom is -0.354 e. The third kappa shape index (κ3) is 3.04. The Morgan fingerprint density at radius 2 is 2.11 bits per heavy atom. The van der Waals surface area contributed by atoms with Crippen molar-refractivity contribution in [1.29, 1.82) is 0 Å².